The summed E-state index contributed by atoms with van der Waals surface area (Å²) in [5.74, 6) is -0.560. The highest BCUT2D eigenvalue weighted by molar-refractivity contribution is 7.19. The average molecular weight is 365 g/mol. The van der Waals surface area contributed by atoms with Crippen LogP contribution < -0.4 is 10.8 Å². The summed E-state index contributed by atoms with van der Waals surface area (Å²) in [5.41, 5.74) is 5.46. The highest BCUT2D eigenvalue weighted by Crippen LogP contribution is 2.34. The molecule has 0 unspecified atom stereocenters. The van der Waals surface area contributed by atoms with Gasteiger partial charge in [-0.05, 0) is 37.3 Å². The van der Waals surface area contributed by atoms with E-state index in [2.05, 4.69) is 15.3 Å². The van der Waals surface area contributed by atoms with Crippen molar-refractivity contribution >= 4 is 33.7 Å². The van der Waals surface area contributed by atoms with Crippen LogP contribution in [0.3, 0.4) is 0 Å². The van der Waals surface area contributed by atoms with Gasteiger partial charge >= 0.3 is 0 Å². The minimum Gasteiger partial charge on any atom is -0.332 e. The van der Waals surface area contributed by atoms with Gasteiger partial charge in [-0.3, -0.25) is 14.4 Å². The Labute approximate surface area is 152 Å². The molecule has 4 aromatic rings. The van der Waals surface area contributed by atoms with Gasteiger partial charge in [0.25, 0.3) is 5.91 Å². The monoisotopic (exact) mass is 365 g/mol. The van der Waals surface area contributed by atoms with E-state index in [1.54, 1.807) is 23.7 Å². The predicted molar refractivity (Wildman–Crippen MR) is 100 cm³/mol. The quantitative estimate of drug-likeness (QED) is 0.379. The third kappa shape index (κ3) is 2.92. The van der Waals surface area contributed by atoms with Gasteiger partial charge in [-0.25, -0.2) is 15.4 Å². The van der Waals surface area contributed by atoms with Gasteiger partial charge in [0.1, 0.15) is 5.65 Å². The Morgan fingerprint density at radius 2 is 2.12 bits per heavy atom. The van der Waals surface area contributed by atoms with E-state index < -0.39 is 5.91 Å². The number of hydrogen-bond acceptors (Lipinski definition) is 6. The van der Waals surface area contributed by atoms with E-state index in [1.165, 1.54) is 11.3 Å². The zero-order valence-electron chi connectivity index (χ0n) is 13.8. The molecule has 0 aliphatic carbocycles. The normalized spacial score (nSPS) is 10.8. The third-order valence-electron chi connectivity index (χ3n) is 3.92. The number of aryl methyl sites for hydroxylation is 1. The topological polar surface area (TPSA) is 91.5 Å². The average Bonchev–Trinajstić information content (AvgIpc) is 3.24. The molecule has 4 rings (SSSR count). The molecule has 3 aromatic heterocycles. The number of imidazole rings is 1. The van der Waals surface area contributed by atoms with Crippen molar-refractivity contribution in [3.63, 3.8) is 0 Å². The number of carbonyl (C=O) groups excluding carboxylic acids is 1. The molecule has 26 heavy (non-hydrogen) atoms. The molecule has 7 nitrogen and oxygen atoms in total. The Kier molecular flexibility index (Phi) is 4.11. The fourth-order valence-corrected chi connectivity index (χ4v) is 3.71. The third-order valence-corrected chi connectivity index (χ3v) is 5.02. The number of hydroxylamine groups is 1. The smallest absolute Gasteiger partial charge is 0.274 e. The summed E-state index contributed by atoms with van der Waals surface area (Å²) in [5, 5.41) is 12.7. The molecule has 0 aliphatic rings. The zero-order chi connectivity index (χ0) is 18.1. The van der Waals surface area contributed by atoms with E-state index in [9.17, 15) is 4.79 Å². The first-order valence-electron chi connectivity index (χ1n) is 7.87. The second kappa shape index (κ2) is 6.58. The fourth-order valence-electron chi connectivity index (χ4n) is 2.71. The zero-order valence-corrected chi connectivity index (χ0v) is 14.6. The Bertz CT molecular complexity index is 1100. The van der Waals surface area contributed by atoms with Crippen molar-refractivity contribution in [3.05, 3.63) is 66.1 Å². The summed E-state index contributed by atoms with van der Waals surface area (Å²) in [7, 11) is 0. The lowest BCUT2D eigenvalue weighted by atomic mass is 10.2. The summed E-state index contributed by atoms with van der Waals surface area (Å²) in [6.07, 6.45) is 3.81. The second-order valence-electron chi connectivity index (χ2n) is 5.65. The standard InChI is InChI=1S/C18H15N5O2S/c1-11-16(14-10-19-15-7-2-3-8-23(14)15)26-18(20-11)21-13-6-4-5-12(9-13)17(24)22-25/h2-10,25H,1H3,(H,20,21)(H,22,24). The number of anilines is 2. The van der Waals surface area contributed by atoms with Crippen LogP contribution in [-0.2, 0) is 0 Å². The van der Waals surface area contributed by atoms with E-state index in [0.29, 0.717) is 16.4 Å². The van der Waals surface area contributed by atoms with Crippen molar-refractivity contribution < 1.29 is 10.0 Å². The highest BCUT2D eigenvalue weighted by Gasteiger charge is 2.14. The van der Waals surface area contributed by atoms with Crippen LogP contribution in [0.4, 0.5) is 10.8 Å². The number of nitrogens with one attached hydrogen (secondary N) is 2. The van der Waals surface area contributed by atoms with Gasteiger partial charge in [0, 0.05) is 17.4 Å². The summed E-state index contributed by atoms with van der Waals surface area (Å²) in [4.78, 5) is 21.6. The molecule has 0 atom stereocenters. The SMILES string of the molecule is Cc1nc(Nc2cccc(C(=O)NO)c2)sc1-c1cnc2ccccn12. The van der Waals surface area contributed by atoms with Crippen LogP contribution in [-0.4, -0.2) is 25.5 Å². The number of pyridine rings is 1. The Balaban J connectivity index is 1.66. The minimum absolute atomic E-state index is 0.354. The van der Waals surface area contributed by atoms with Gasteiger partial charge < -0.3 is 5.32 Å². The second-order valence-corrected chi connectivity index (χ2v) is 6.65. The first-order valence-corrected chi connectivity index (χ1v) is 8.69. The van der Waals surface area contributed by atoms with Gasteiger partial charge in [0.15, 0.2) is 5.13 Å². The molecule has 8 heteroatoms. The molecule has 3 N–H and O–H groups in total. The van der Waals surface area contributed by atoms with Gasteiger partial charge in [-0.2, -0.15) is 0 Å². The van der Waals surface area contributed by atoms with Crippen molar-refractivity contribution in [2.45, 2.75) is 6.92 Å². The summed E-state index contributed by atoms with van der Waals surface area (Å²) < 4.78 is 2.02. The highest BCUT2D eigenvalue weighted by atomic mass is 32.1. The number of hydrogen-bond donors (Lipinski definition) is 3. The van der Waals surface area contributed by atoms with E-state index >= 15 is 0 Å². The van der Waals surface area contributed by atoms with Gasteiger partial charge in [0.2, 0.25) is 0 Å². The maximum Gasteiger partial charge on any atom is 0.274 e. The number of amides is 1. The lowest BCUT2D eigenvalue weighted by Gasteiger charge is -2.04. The first kappa shape index (κ1) is 16.2. The molecule has 1 amide bonds. The maximum atomic E-state index is 11.5. The van der Waals surface area contributed by atoms with Gasteiger partial charge in [-0.1, -0.05) is 23.5 Å². The van der Waals surface area contributed by atoms with Crippen molar-refractivity contribution in [3.8, 4) is 10.6 Å². The summed E-state index contributed by atoms with van der Waals surface area (Å²) >= 11 is 1.51. The van der Waals surface area contributed by atoms with Gasteiger partial charge in [0.05, 0.1) is 22.5 Å². The number of thiazole rings is 1. The van der Waals surface area contributed by atoms with Crippen molar-refractivity contribution in [1.29, 1.82) is 0 Å². The lowest BCUT2D eigenvalue weighted by Crippen LogP contribution is -2.18. The molecular weight excluding hydrogens is 350 g/mol. The summed E-state index contributed by atoms with van der Waals surface area (Å²) in [6.45, 7) is 1.95. The molecule has 0 saturated carbocycles. The van der Waals surface area contributed by atoms with Gasteiger partial charge in [-0.15, -0.1) is 0 Å². The van der Waals surface area contributed by atoms with Crippen LogP contribution >= 0.6 is 11.3 Å². The van der Waals surface area contributed by atoms with Crippen LogP contribution in [0, 0.1) is 6.92 Å². The number of carbonyl (C=O) groups is 1. The minimum atomic E-state index is -0.560. The molecule has 0 bridgehead atoms. The fraction of sp³-hybridized carbons (Fsp3) is 0.0556. The predicted octanol–water partition coefficient (Wildman–Crippen LogP) is 3.63. The lowest BCUT2D eigenvalue weighted by molar-refractivity contribution is 0.0706. The van der Waals surface area contributed by atoms with Crippen molar-refractivity contribution in [2.75, 3.05) is 5.32 Å². The number of rotatable bonds is 4. The number of benzene rings is 1. The molecule has 0 aliphatic heterocycles. The summed E-state index contributed by atoms with van der Waals surface area (Å²) in [6, 6.07) is 12.7. The Morgan fingerprint density at radius 3 is 2.96 bits per heavy atom. The Hall–Kier alpha value is -3.23. The van der Waals surface area contributed by atoms with Crippen LogP contribution in [0.15, 0.2) is 54.9 Å². The molecule has 0 spiro atoms. The molecular formula is C18H15N5O2S. The molecule has 130 valence electrons. The van der Waals surface area contributed by atoms with Crippen molar-refractivity contribution in [1.82, 2.24) is 19.8 Å². The van der Waals surface area contributed by atoms with Crippen LogP contribution in [0.5, 0.6) is 0 Å². The van der Waals surface area contributed by atoms with Crippen molar-refractivity contribution in [2.24, 2.45) is 0 Å². The molecule has 1 aromatic carbocycles. The number of aromatic nitrogens is 3. The molecule has 0 radical (unpaired) electrons. The van der Waals surface area contributed by atoms with E-state index in [1.807, 2.05) is 48.0 Å². The van der Waals surface area contributed by atoms with Crippen LogP contribution in [0.25, 0.3) is 16.2 Å². The molecule has 0 fully saturated rings. The Morgan fingerprint density at radius 1 is 1.23 bits per heavy atom. The number of fused-ring (bicyclic) bond motifs is 1. The molecule has 0 saturated heterocycles. The van der Waals surface area contributed by atoms with Crippen LogP contribution in [0.1, 0.15) is 16.1 Å². The van der Waals surface area contributed by atoms with E-state index in [4.69, 9.17) is 5.21 Å². The maximum absolute atomic E-state index is 11.5. The van der Waals surface area contributed by atoms with Crippen LogP contribution in [0.2, 0.25) is 0 Å². The number of nitrogens with zero attached hydrogens (tertiary/aromatic N) is 3. The van der Waals surface area contributed by atoms with E-state index in [0.717, 1.165) is 21.9 Å². The van der Waals surface area contributed by atoms with E-state index in [-0.39, 0.29) is 0 Å². The largest absolute Gasteiger partial charge is 0.332 e. The first-order chi connectivity index (χ1) is 12.7. The molecule has 3 heterocycles.